The second kappa shape index (κ2) is 3.21. The number of rotatable bonds is 0. The van der Waals surface area contributed by atoms with Crippen molar-refractivity contribution in [2.24, 2.45) is 0 Å². The molecule has 0 atom stereocenters. The first-order chi connectivity index (χ1) is 7.13. The lowest BCUT2D eigenvalue weighted by atomic mass is 10.0. The lowest BCUT2D eigenvalue weighted by molar-refractivity contribution is 0.475. The average Bonchev–Trinajstić information content (AvgIpc) is 2.19. The summed E-state index contributed by atoms with van der Waals surface area (Å²) in [5, 5.41) is 18.0. The number of nitrogens with zero attached hydrogens (tertiary/aromatic N) is 1. The highest BCUT2D eigenvalue weighted by Gasteiger charge is 2.12. The third kappa shape index (κ3) is 1.38. The normalized spacial score (nSPS) is 10.2. The summed E-state index contributed by atoms with van der Waals surface area (Å²) in [5.74, 6) is -1.82. The van der Waals surface area contributed by atoms with Crippen LogP contribution in [0.15, 0.2) is 24.3 Å². The average molecular weight is 205 g/mol. The van der Waals surface area contributed by atoms with Gasteiger partial charge in [0.2, 0.25) is 0 Å². The molecule has 74 valence electrons. The van der Waals surface area contributed by atoms with Crippen molar-refractivity contribution in [3.05, 3.63) is 41.5 Å². The van der Waals surface area contributed by atoms with Crippen molar-refractivity contribution in [2.45, 2.75) is 0 Å². The Labute approximate surface area is 84.0 Å². The zero-order valence-electron chi connectivity index (χ0n) is 7.46. The van der Waals surface area contributed by atoms with Gasteiger partial charge in [0.1, 0.15) is 23.5 Å². The molecule has 0 bridgehead atoms. The molecule has 0 saturated carbocycles. The molecule has 1 N–H and O–H groups in total. The van der Waals surface area contributed by atoms with Crippen molar-refractivity contribution < 1.29 is 13.9 Å². The third-order valence-corrected chi connectivity index (χ3v) is 2.13. The Morgan fingerprint density at radius 3 is 2.47 bits per heavy atom. The van der Waals surface area contributed by atoms with E-state index in [4.69, 9.17) is 10.4 Å². The zero-order valence-corrected chi connectivity index (χ0v) is 7.46. The molecule has 0 saturated heterocycles. The van der Waals surface area contributed by atoms with Gasteiger partial charge in [-0.15, -0.1) is 0 Å². The summed E-state index contributed by atoms with van der Waals surface area (Å²) in [6, 6.07) is 6.05. The van der Waals surface area contributed by atoms with Gasteiger partial charge in [-0.2, -0.15) is 5.26 Å². The van der Waals surface area contributed by atoms with Crippen LogP contribution in [0, 0.1) is 23.0 Å². The van der Waals surface area contributed by atoms with E-state index in [1.165, 1.54) is 12.1 Å². The lowest BCUT2D eigenvalue weighted by Crippen LogP contribution is -1.90. The third-order valence-electron chi connectivity index (χ3n) is 2.13. The van der Waals surface area contributed by atoms with Gasteiger partial charge in [-0.25, -0.2) is 8.78 Å². The SMILES string of the molecule is N#Cc1c(F)cc(F)c2cc(O)ccc12. The second-order valence-electron chi connectivity index (χ2n) is 3.06. The molecule has 2 nitrogen and oxygen atoms in total. The maximum absolute atomic E-state index is 13.3. The summed E-state index contributed by atoms with van der Waals surface area (Å²) < 4.78 is 26.4. The minimum atomic E-state index is -0.895. The number of halogens is 2. The maximum Gasteiger partial charge on any atom is 0.144 e. The van der Waals surface area contributed by atoms with E-state index in [9.17, 15) is 8.78 Å². The molecular formula is C11H5F2NO. The fourth-order valence-corrected chi connectivity index (χ4v) is 1.45. The van der Waals surface area contributed by atoms with E-state index in [0.717, 1.165) is 6.07 Å². The minimum Gasteiger partial charge on any atom is -0.508 e. The van der Waals surface area contributed by atoms with Crippen LogP contribution in [0.4, 0.5) is 8.78 Å². The molecule has 0 unspecified atom stereocenters. The zero-order chi connectivity index (χ0) is 11.0. The number of hydrogen-bond acceptors (Lipinski definition) is 2. The van der Waals surface area contributed by atoms with Gasteiger partial charge < -0.3 is 5.11 Å². The smallest absolute Gasteiger partial charge is 0.144 e. The molecule has 2 rings (SSSR count). The van der Waals surface area contributed by atoms with Gasteiger partial charge in [0, 0.05) is 16.8 Å². The number of aromatic hydroxyl groups is 1. The van der Waals surface area contributed by atoms with Crippen molar-refractivity contribution in [1.29, 1.82) is 5.26 Å². The van der Waals surface area contributed by atoms with Gasteiger partial charge in [-0.05, 0) is 18.2 Å². The van der Waals surface area contributed by atoms with E-state index in [-0.39, 0.29) is 22.1 Å². The summed E-state index contributed by atoms with van der Waals surface area (Å²) in [5.41, 5.74) is -0.216. The van der Waals surface area contributed by atoms with Gasteiger partial charge in [0.05, 0.1) is 5.56 Å². The molecular weight excluding hydrogens is 200 g/mol. The number of fused-ring (bicyclic) bond motifs is 1. The monoisotopic (exact) mass is 205 g/mol. The second-order valence-corrected chi connectivity index (χ2v) is 3.06. The maximum atomic E-state index is 13.3. The molecule has 0 aliphatic heterocycles. The number of benzene rings is 2. The Balaban J connectivity index is 2.98. The quantitative estimate of drug-likeness (QED) is 0.718. The fraction of sp³-hybridized carbons (Fsp3) is 0. The highest BCUT2D eigenvalue weighted by Crippen LogP contribution is 2.27. The number of phenols is 1. The standard InChI is InChI=1S/C11H5F2NO/c12-10-4-11(13)9(5-14)7-2-1-6(15)3-8(7)10/h1-4,15H. The Bertz CT molecular complexity index is 587. The van der Waals surface area contributed by atoms with E-state index in [0.29, 0.717) is 6.07 Å². The van der Waals surface area contributed by atoms with Crippen molar-refractivity contribution >= 4 is 10.8 Å². The molecule has 0 aliphatic rings. The first kappa shape index (κ1) is 9.41. The van der Waals surface area contributed by atoms with Gasteiger partial charge in [0.15, 0.2) is 0 Å². The molecule has 0 amide bonds. The van der Waals surface area contributed by atoms with Crippen LogP contribution in [0.2, 0.25) is 0 Å². The van der Waals surface area contributed by atoms with Gasteiger partial charge in [-0.3, -0.25) is 0 Å². The predicted octanol–water partition coefficient (Wildman–Crippen LogP) is 2.70. The van der Waals surface area contributed by atoms with Crippen molar-refractivity contribution in [2.75, 3.05) is 0 Å². The first-order valence-corrected chi connectivity index (χ1v) is 4.14. The lowest BCUT2D eigenvalue weighted by Gasteiger charge is -2.03. The summed E-state index contributed by atoms with van der Waals surface area (Å²) in [4.78, 5) is 0. The largest absolute Gasteiger partial charge is 0.508 e. The van der Waals surface area contributed by atoms with Gasteiger partial charge >= 0.3 is 0 Å². The fourth-order valence-electron chi connectivity index (χ4n) is 1.45. The first-order valence-electron chi connectivity index (χ1n) is 4.14. The molecule has 0 aromatic heterocycles. The van der Waals surface area contributed by atoms with Crippen molar-refractivity contribution in [3.8, 4) is 11.8 Å². The molecule has 2 aromatic rings. The van der Waals surface area contributed by atoms with Crippen LogP contribution >= 0.6 is 0 Å². The molecule has 0 fully saturated rings. The number of phenolic OH excluding ortho intramolecular Hbond substituents is 1. The van der Waals surface area contributed by atoms with E-state index in [2.05, 4.69) is 0 Å². The van der Waals surface area contributed by atoms with Gasteiger partial charge in [0.25, 0.3) is 0 Å². The van der Waals surface area contributed by atoms with E-state index in [1.807, 2.05) is 0 Å². The van der Waals surface area contributed by atoms with Crippen LogP contribution in [0.5, 0.6) is 5.75 Å². The van der Waals surface area contributed by atoms with E-state index >= 15 is 0 Å². The summed E-state index contributed by atoms with van der Waals surface area (Å²) in [7, 11) is 0. The molecule has 0 aliphatic carbocycles. The summed E-state index contributed by atoms with van der Waals surface area (Å²) >= 11 is 0. The van der Waals surface area contributed by atoms with Crippen LogP contribution in [-0.2, 0) is 0 Å². The molecule has 0 heterocycles. The van der Waals surface area contributed by atoms with Gasteiger partial charge in [-0.1, -0.05) is 0 Å². The Kier molecular flexibility index (Phi) is 2.01. The molecule has 4 heteroatoms. The van der Waals surface area contributed by atoms with Crippen LogP contribution < -0.4 is 0 Å². The molecule has 2 aromatic carbocycles. The minimum absolute atomic E-state index is 0.0351. The van der Waals surface area contributed by atoms with Crippen LogP contribution in [0.3, 0.4) is 0 Å². The van der Waals surface area contributed by atoms with E-state index < -0.39 is 11.6 Å². The van der Waals surface area contributed by atoms with Crippen molar-refractivity contribution in [3.63, 3.8) is 0 Å². The summed E-state index contributed by atoms with van der Waals surface area (Å²) in [6.07, 6.45) is 0. The highest BCUT2D eigenvalue weighted by atomic mass is 19.1. The number of nitriles is 1. The van der Waals surface area contributed by atoms with Crippen LogP contribution in [0.1, 0.15) is 5.56 Å². The molecule has 0 radical (unpaired) electrons. The molecule has 15 heavy (non-hydrogen) atoms. The molecule has 0 spiro atoms. The van der Waals surface area contributed by atoms with Crippen LogP contribution in [0.25, 0.3) is 10.8 Å². The highest BCUT2D eigenvalue weighted by molar-refractivity contribution is 5.89. The Morgan fingerprint density at radius 1 is 1.07 bits per heavy atom. The topological polar surface area (TPSA) is 44.0 Å². The number of hydrogen-bond donors (Lipinski definition) is 1. The predicted molar refractivity (Wildman–Crippen MR) is 50.2 cm³/mol. The van der Waals surface area contributed by atoms with Crippen molar-refractivity contribution in [1.82, 2.24) is 0 Å². The Hall–Kier alpha value is -2.15. The van der Waals surface area contributed by atoms with Crippen LogP contribution in [-0.4, -0.2) is 5.11 Å². The van der Waals surface area contributed by atoms with E-state index in [1.54, 1.807) is 6.07 Å². The summed E-state index contributed by atoms with van der Waals surface area (Å²) in [6.45, 7) is 0. The Morgan fingerprint density at radius 2 is 1.80 bits per heavy atom.